The van der Waals surface area contributed by atoms with Crippen LogP contribution in [0.2, 0.25) is 0 Å². The van der Waals surface area contributed by atoms with Gasteiger partial charge >= 0.3 is 5.97 Å². The van der Waals surface area contributed by atoms with Crippen molar-refractivity contribution in [3.63, 3.8) is 0 Å². The van der Waals surface area contributed by atoms with Gasteiger partial charge in [0.05, 0.1) is 6.42 Å². The van der Waals surface area contributed by atoms with Crippen LogP contribution in [-0.2, 0) is 4.79 Å². The lowest BCUT2D eigenvalue weighted by Gasteiger charge is -2.39. The van der Waals surface area contributed by atoms with Gasteiger partial charge in [-0.2, -0.15) is 0 Å². The highest BCUT2D eigenvalue weighted by atomic mass is 16.4. The summed E-state index contributed by atoms with van der Waals surface area (Å²) in [6, 6.07) is 0. The summed E-state index contributed by atoms with van der Waals surface area (Å²) in [5.41, 5.74) is -0.142. The fraction of sp³-hybridized carbons (Fsp3) is 0.917. The molecule has 1 N–H and O–H groups in total. The van der Waals surface area contributed by atoms with Gasteiger partial charge in [-0.05, 0) is 45.2 Å². The van der Waals surface area contributed by atoms with E-state index in [1.54, 1.807) is 0 Å². The van der Waals surface area contributed by atoms with Crippen molar-refractivity contribution in [2.45, 2.75) is 52.0 Å². The van der Waals surface area contributed by atoms with Crippen molar-refractivity contribution >= 4 is 5.97 Å². The lowest BCUT2D eigenvalue weighted by molar-refractivity contribution is -0.140. The molecule has 0 aliphatic carbocycles. The lowest BCUT2D eigenvalue weighted by atomic mass is 9.86. The zero-order valence-electron chi connectivity index (χ0n) is 10.1. The van der Waals surface area contributed by atoms with Crippen LogP contribution < -0.4 is 0 Å². The predicted molar refractivity (Wildman–Crippen MR) is 60.9 cm³/mol. The summed E-state index contributed by atoms with van der Waals surface area (Å²) >= 11 is 0. The third-order valence-electron chi connectivity index (χ3n) is 3.25. The number of carboxylic acids is 1. The first kappa shape index (κ1) is 12.5. The molecule has 0 radical (unpaired) electrons. The predicted octanol–water partition coefficient (Wildman–Crippen LogP) is 2.36. The quantitative estimate of drug-likeness (QED) is 0.762. The van der Waals surface area contributed by atoms with E-state index in [4.69, 9.17) is 5.11 Å². The monoisotopic (exact) mass is 213 g/mol. The molecule has 1 atom stereocenters. The Kier molecular flexibility index (Phi) is 4.14. The maximum Gasteiger partial charge on any atom is 0.305 e. The number of nitrogens with zero attached hydrogens (tertiary/aromatic N) is 1. The van der Waals surface area contributed by atoms with E-state index >= 15 is 0 Å². The zero-order chi connectivity index (χ0) is 11.5. The van der Waals surface area contributed by atoms with E-state index in [1.807, 2.05) is 0 Å². The van der Waals surface area contributed by atoms with E-state index in [-0.39, 0.29) is 12.0 Å². The molecule has 0 aromatic rings. The Bertz CT molecular complexity index is 222. The van der Waals surface area contributed by atoms with Crippen LogP contribution in [0.5, 0.6) is 0 Å². The second kappa shape index (κ2) is 4.97. The molecular formula is C12H23NO2. The molecule has 88 valence electrons. The molecule has 1 heterocycles. The molecule has 0 saturated carbocycles. The summed E-state index contributed by atoms with van der Waals surface area (Å²) < 4.78 is 0. The number of carboxylic acid groups (broad SMARTS) is 1. The van der Waals surface area contributed by atoms with Crippen LogP contribution in [0.15, 0.2) is 0 Å². The first-order valence-electron chi connectivity index (χ1n) is 5.91. The van der Waals surface area contributed by atoms with E-state index < -0.39 is 5.97 Å². The van der Waals surface area contributed by atoms with Gasteiger partial charge in [0, 0.05) is 5.54 Å². The van der Waals surface area contributed by atoms with E-state index in [0.29, 0.717) is 5.92 Å². The van der Waals surface area contributed by atoms with Crippen LogP contribution in [0, 0.1) is 5.92 Å². The normalized spacial score (nSPS) is 21.9. The molecule has 1 rings (SSSR count). The Labute approximate surface area is 92.5 Å². The number of likely N-dealkylation sites (tertiary alicyclic amines) is 1. The molecular weight excluding hydrogens is 190 g/mol. The summed E-state index contributed by atoms with van der Waals surface area (Å²) in [5, 5.41) is 9.00. The molecule has 3 nitrogen and oxygen atoms in total. The second-order valence-electron chi connectivity index (χ2n) is 5.36. The second-order valence-corrected chi connectivity index (χ2v) is 5.36. The van der Waals surface area contributed by atoms with Crippen LogP contribution in [0.3, 0.4) is 0 Å². The first-order valence-corrected chi connectivity index (χ1v) is 5.91. The van der Waals surface area contributed by atoms with E-state index in [2.05, 4.69) is 25.7 Å². The average molecular weight is 213 g/mol. The van der Waals surface area contributed by atoms with Crippen molar-refractivity contribution in [3.8, 4) is 0 Å². The van der Waals surface area contributed by atoms with Crippen molar-refractivity contribution in [2.75, 3.05) is 13.1 Å². The van der Waals surface area contributed by atoms with Crippen LogP contribution >= 0.6 is 0 Å². The topological polar surface area (TPSA) is 40.5 Å². The van der Waals surface area contributed by atoms with E-state index in [1.165, 1.54) is 12.8 Å². The molecule has 1 aliphatic heterocycles. The van der Waals surface area contributed by atoms with Gasteiger partial charge in [0.1, 0.15) is 0 Å². The van der Waals surface area contributed by atoms with Gasteiger partial charge < -0.3 is 5.11 Å². The fourth-order valence-electron chi connectivity index (χ4n) is 2.78. The number of hydrogen-bond acceptors (Lipinski definition) is 2. The molecule has 0 spiro atoms. The minimum Gasteiger partial charge on any atom is -0.481 e. The van der Waals surface area contributed by atoms with Gasteiger partial charge in [0.25, 0.3) is 0 Å². The summed E-state index contributed by atoms with van der Waals surface area (Å²) in [6.45, 7) is 8.56. The molecule has 15 heavy (non-hydrogen) atoms. The minimum atomic E-state index is -0.676. The van der Waals surface area contributed by atoms with Crippen molar-refractivity contribution in [1.29, 1.82) is 0 Å². The number of carbonyl (C=O) groups is 1. The van der Waals surface area contributed by atoms with Gasteiger partial charge in [-0.3, -0.25) is 9.69 Å². The van der Waals surface area contributed by atoms with Crippen molar-refractivity contribution in [3.05, 3.63) is 0 Å². The Morgan fingerprint density at radius 3 is 2.33 bits per heavy atom. The van der Waals surface area contributed by atoms with E-state index in [9.17, 15) is 4.79 Å². The SMILES string of the molecule is CC(C)CC(C)(CC(=O)O)N1CCCC1. The van der Waals surface area contributed by atoms with Gasteiger partial charge in [-0.1, -0.05) is 13.8 Å². The Morgan fingerprint density at radius 2 is 1.93 bits per heavy atom. The van der Waals surface area contributed by atoms with E-state index in [0.717, 1.165) is 19.5 Å². The Balaban J connectivity index is 2.69. The molecule has 1 saturated heterocycles. The molecule has 0 aromatic heterocycles. The molecule has 0 aromatic carbocycles. The fourth-order valence-corrected chi connectivity index (χ4v) is 2.78. The number of rotatable bonds is 5. The van der Waals surface area contributed by atoms with Gasteiger partial charge in [0.2, 0.25) is 0 Å². The maximum absolute atomic E-state index is 10.9. The first-order chi connectivity index (χ1) is 6.94. The Hall–Kier alpha value is -0.570. The summed E-state index contributed by atoms with van der Waals surface area (Å²) in [5.74, 6) is -0.125. The average Bonchev–Trinajstić information content (AvgIpc) is 2.51. The summed E-state index contributed by atoms with van der Waals surface area (Å²) in [6.07, 6.45) is 3.67. The van der Waals surface area contributed by atoms with Crippen molar-refractivity contribution in [1.82, 2.24) is 4.90 Å². The van der Waals surface area contributed by atoms with Crippen molar-refractivity contribution < 1.29 is 9.90 Å². The molecule has 0 bridgehead atoms. The standard InChI is InChI=1S/C12H23NO2/c1-10(2)8-12(3,9-11(14)15)13-6-4-5-7-13/h10H,4-9H2,1-3H3,(H,14,15). The van der Waals surface area contributed by atoms with Crippen LogP contribution in [0.4, 0.5) is 0 Å². The molecule has 3 heteroatoms. The highest BCUT2D eigenvalue weighted by Crippen LogP contribution is 2.30. The summed E-state index contributed by atoms with van der Waals surface area (Å²) in [7, 11) is 0. The molecule has 1 aliphatic rings. The van der Waals surface area contributed by atoms with Crippen LogP contribution in [0.25, 0.3) is 0 Å². The lowest BCUT2D eigenvalue weighted by Crippen LogP contribution is -2.47. The molecule has 1 fully saturated rings. The van der Waals surface area contributed by atoms with Crippen LogP contribution in [-0.4, -0.2) is 34.6 Å². The highest BCUT2D eigenvalue weighted by Gasteiger charge is 2.36. The van der Waals surface area contributed by atoms with Gasteiger partial charge in [0.15, 0.2) is 0 Å². The maximum atomic E-state index is 10.9. The number of hydrogen-bond donors (Lipinski definition) is 1. The smallest absolute Gasteiger partial charge is 0.305 e. The van der Waals surface area contributed by atoms with Crippen LogP contribution in [0.1, 0.15) is 46.5 Å². The van der Waals surface area contributed by atoms with Crippen molar-refractivity contribution in [2.24, 2.45) is 5.92 Å². The summed E-state index contributed by atoms with van der Waals surface area (Å²) in [4.78, 5) is 13.3. The third-order valence-corrected chi connectivity index (χ3v) is 3.25. The Morgan fingerprint density at radius 1 is 1.40 bits per heavy atom. The highest BCUT2D eigenvalue weighted by molar-refractivity contribution is 5.68. The molecule has 1 unspecified atom stereocenters. The molecule has 0 amide bonds. The van der Waals surface area contributed by atoms with Gasteiger partial charge in [-0.25, -0.2) is 0 Å². The largest absolute Gasteiger partial charge is 0.481 e. The number of aliphatic carboxylic acids is 1. The minimum absolute atomic E-state index is 0.142. The third kappa shape index (κ3) is 3.49. The van der Waals surface area contributed by atoms with Gasteiger partial charge in [-0.15, -0.1) is 0 Å². The zero-order valence-corrected chi connectivity index (χ0v) is 10.1.